The molecular formula is C16H30N4O6. The van der Waals surface area contributed by atoms with Gasteiger partial charge in [0.05, 0.1) is 0 Å². The van der Waals surface area contributed by atoms with E-state index in [9.17, 15) is 19.5 Å². The van der Waals surface area contributed by atoms with Gasteiger partial charge in [0.2, 0.25) is 0 Å². The van der Waals surface area contributed by atoms with Crippen molar-refractivity contribution in [1.29, 1.82) is 5.41 Å². The van der Waals surface area contributed by atoms with E-state index >= 15 is 0 Å². The number of nitrogens with two attached hydrogens (primary N) is 1. The maximum atomic E-state index is 12.0. The molecule has 0 unspecified atom stereocenters. The third-order valence-corrected chi connectivity index (χ3v) is 2.77. The second kappa shape index (κ2) is 9.25. The first-order valence-corrected chi connectivity index (χ1v) is 8.19. The lowest BCUT2D eigenvalue weighted by Gasteiger charge is -2.26. The van der Waals surface area contributed by atoms with Crippen molar-refractivity contribution in [3.8, 4) is 0 Å². The van der Waals surface area contributed by atoms with Crippen LogP contribution in [0.5, 0.6) is 0 Å². The van der Waals surface area contributed by atoms with Gasteiger partial charge in [-0.2, -0.15) is 0 Å². The average Bonchev–Trinajstić information content (AvgIpc) is 2.36. The molecule has 2 amide bonds. The zero-order chi connectivity index (χ0) is 20.7. The number of aliphatic carboxylic acids is 1. The van der Waals surface area contributed by atoms with Crippen molar-refractivity contribution >= 4 is 24.1 Å². The van der Waals surface area contributed by atoms with Crippen LogP contribution in [-0.2, 0) is 14.3 Å². The Hall–Kier alpha value is -2.52. The number of rotatable bonds is 6. The summed E-state index contributed by atoms with van der Waals surface area (Å²) in [5.74, 6) is -1.74. The molecule has 10 heteroatoms. The molecule has 0 bridgehead atoms. The first-order valence-electron chi connectivity index (χ1n) is 8.19. The lowest BCUT2D eigenvalue weighted by molar-refractivity contribution is -0.139. The molecule has 0 radical (unpaired) electrons. The minimum atomic E-state index is -1.23. The van der Waals surface area contributed by atoms with Crippen molar-refractivity contribution < 1.29 is 29.0 Å². The van der Waals surface area contributed by atoms with Crippen molar-refractivity contribution in [3.63, 3.8) is 0 Å². The summed E-state index contributed by atoms with van der Waals surface area (Å²) in [4.78, 5) is 35.9. The highest BCUT2D eigenvalue weighted by Gasteiger charge is 2.26. The van der Waals surface area contributed by atoms with Gasteiger partial charge in [0, 0.05) is 6.54 Å². The van der Waals surface area contributed by atoms with Crippen molar-refractivity contribution in [2.24, 2.45) is 5.73 Å². The number of nitrogens with zero attached hydrogens (tertiary/aromatic N) is 1. The fraction of sp³-hybridized carbons (Fsp3) is 0.750. The van der Waals surface area contributed by atoms with Gasteiger partial charge in [-0.3, -0.25) is 5.41 Å². The Balaban J connectivity index is 4.72. The third kappa shape index (κ3) is 10.4. The van der Waals surface area contributed by atoms with Crippen LogP contribution in [-0.4, -0.2) is 57.9 Å². The highest BCUT2D eigenvalue weighted by atomic mass is 16.6. The smallest absolute Gasteiger partial charge is 0.417 e. The van der Waals surface area contributed by atoms with Gasteiger partial charge in [-0.15, -0.1) is 0 Å². The predicted octanol–water partition coefficient (Wildman–Crippen LogP) is 1.88. The van der Waals surface area contributed by atoms with Gasteiger partial charge in [-0.05, 0) is 54.4 Å². The average molecular weight is 374 g/mol. The van der Waals surface area contributed by atoms with Crippen LogP contribution in [0.3, 0.4) is 0 Å². The first-order chi connectivity index (χ1) is 11.6. The van der Waals surface area contributed by atoms with Crippen molar-refractivity contribution in [3.05, 3.63) is 0 Å². The number of carboxylic acids is 1. The summed E-state index contributed by atoms with van der Waals surface area (Å²) < 4.78 is 10.2. The van der Waals surface area contributed by atoms with Gasteiger partial charge in [-0.25, -0.2) is 19.3 Å². The van der Waals surface area contributed by atoms with E-state index < -0.39 is 41.4 Å². The Morgan fingerprint density at radius 2 is 1.62 bits per heavy atom. The third-order valence-electron chi connectivity index (χ3n) is 2.77. The molecule has 5 N–H and O–H groups in total. The number of hydrogen-bond donors (Lipinski definition) is 4. The van der Waals surface area contributed by atoms with Crippen LogP contribution in [0.4, 0.5) is 9.59 Å². The Bertz CT molecular complexity index is 536. The number of carboxylic acid groups (broad SMARTS) is 1. The molecule has 0 aromatic carbocycles. The van der Waals surface area contributed by atoms with Gasteiger partial charge in [0.1, 0.15) is 17.2 Å². The van der Waals surface area contributed by atoms with E-state index in [2.05, 4.69) is 5.32 Å². The maximum absolute atomic E-state index is 12.0. The van der Waals surface area contributed by atoms with Crippen LogP contribution in [0, 0.1) is 5.41 Å². The highest BCUT2D eigenvalue weighted by Crippen LogP contribution is 2.11. The molecule has 0 heterocycles. The van der Waals surface area contributed by atoms with Crippen molar-refractivity contribution in [2.75, 3.05) is 6.54 Å². The highest BCUT2D eigenvalue weighted by molar-refractivity contribution is 5.91. The SMILES string of the molecule is CC(C)(C)OC(=O)N[C@@H](CCCN(C(=N)N)C(=O)OC(C)(C)C)C(=O)O. The number of guanidine groups is 1. The van der Waals surface area contributed by atoms with Crippen LogP contribution in [0.1, 0.15) is 54.4 Å². The summed E-state index contributed by atoms with van der Waals surface area (Å²) in [6.45, 7) is 9.98. The molecule has 0 aliphatic rings. The van der Waals surface area contributed by atoms with E-state index in [1.54, 1.807) is 41.5 Å². The second-order valence-corrected chi connectivity index (χ2v) is 7.70. The largest absolute Gasteiger partial charge is 0.480 e. The van der Waals surface area contributed by atoms with E-state index in [4.69, 9.17) is 20.6 Å². The van der Waals surface area contributed by atoms with Crippen LogP contribution in [0.2, 0.25) is 0 Å². The number of carbonyl (C=O) groups is 3. The summed E-state index contributed by atoms with van der Waals surface area (Å²) in [5.41, 5.74) is 3.87. The first kappa shape index (κ1) is 23.5. The van der Waals surface area contributed by atoms with Crippen LogP contribution >= 0.6 is 0 Å². The minimum Gasteiger partial charge on any atom is -0.480 e. The molecule has 150 valence electrons. The molecule has 0 rings (SSSR count). The molecular weight excluding hydrogens is 344 g/mol. The fourth-order valence-corrected chi connectivity index (χ4v) is 1.79. The van der Waals surface area contributed by atoms with Crippen molar-refractivity contribution in [1.82, 2.24) is 10.2 Å². The fourth-order valence-electron chi connectivity index (χ4n) is 1.79. The minimum absolute atomic E-state index is 0.0150. The number of hydrogen-bond acceptors (Lipinski definition) is 6. The van der Waals surface area contributed by atoms with E-state index in [1.165, 1.54) is 0 Å². The van der Waals surface area contributed by atoms with E-state index in [1.807, 2.05) is 0 Å². The molecule has 0 aromatic rings. The predicted molar refractivity (Wildman–Crippen MR) is 94.9 cm³/mol. The summed E-state index contributed by atoms with van der Waals surface area (Å²) >= 11 is 0. The van der Waals surface area contributed by atoms with E-state index in [-0.39, 0.29) is 19.4 Å². The van der Waals surface area contributed by atoms with Gasteiger partial charge >= 0.3 is 18.2 Å². The molecule has 1 atom stereocenters. The number of carbonyl (C=O) groups excluding carboxylic acids is 2. The Labute approximate surface area is 153 Å². The van der Waals surface area contributed by atoms with Gasteiger partial charge in [-0.1, -0.05) is 0 Å². The number of ether oxygens (including phenoxy) is 2. The molecule has 0 fully saturated rings. The zero-order valence-electron chi connectivity index (χ0n) is 16.2. The van der Waals surface area contributed by atoms with Crippen LogP contribution in [0.25, 0.3) is 0 Å². The zero-order valence-corrected chi connectivity index (χ0v) is 16.2. The molecule has 0 aliphatic heterocycles. The number of alkyl carbamates (subject to hydrolysis) is 1. The summed E-state index contributed by atoms with van der Waals surface area (Å²) in [7, 11) is 0. The second-order valence-electron chi connectivity index (χ2n) is 7.70. The van der Waals surface area contributed by atoms with Gasteiger partial charge < -0.3 is 25.6 Å². The Kier molecular flexibility index (Phi) is 8.36. The van der Waals surface area contributed by atoms with Crippen LogP contribution < -0.4 is 11.1 Å². The quantitative estimate of drug-likeness (QED) is 0.408. The topological polar surface area (TPSA) is 155 Å². The molecule has 0 spiro atoms. The van der Waals surface area contributed by atoms with Crippen LogP contribution in [0.15, 0.2) is 0 Å². The molecule has 26 heavy (non-hydrogen) atoms. The molecule has 10 nitrogen and oxygen atoms in total. The summed E-state index contributed by atoms with van der Waals surface area (Å²) in [5, 5.41) is 18.9. The van der Waals surface area contributed by atoms with Gasteiger partial charge in [0.25, 0.3) is 0 Å². The normalized spacial score (nSPS) is 12.7. The Morgan fingerprint density at radius 1 is 1.12 bits per heavy atom. The molecule has 0 aliphatic carbocycles. The lowest BCUT2D eigenvalue weighted by atomic mass is 10.1. The summed E-state index contributed by atoms with van der Waals surface area (Å²) in [6, 6.07) is -1.20. The van der Waals surface area contributed by atoms with E-state index in [0.717, 1.165) is 4.90 Å². The lowest BCUT2D eigenvalue weighted by Crippen LogP contribution is -2.46. The molecule has 0 saturated heterocycles. The monoisotopic (exact) mass is 374 g/mol. The van der Waals surface area contributed by atoms with E-state index in [0.29, 0.717) is 0 Å². The maximum Gasteiger partial charge on any atom is 0.417 e. The number of amides is 2. The number of nitrogens with one attached hydrogen (secondary N) is 2. The van der Waals surface area contributed by atoms with Gasteiger partial charge in [0.15, 0.2) is 5.96 Å². The standard InChI is InChI=1S/C16H30N4O6/c1-15(2,3)25-13(23)19-10(11(21)22)8-7-9-20(12(17)18)14(24)26-16(4,5)6/h10H,7-9H2,1-6H3,(H3,17,18)(H,19,23)(H,21,22)/t10-/m0/s1. The Morgan fingerprint density at radius 3 is 2.00 bits per heavy atom. The molecule has 0 saturated carbocycles. The van der Waals surface area contributed by atoms with Crippen molar-refractivity contribution in [2.45, 2.75) is 71.6 Å². The summed E-state index contributed by atoms with van der Waals surface area (Å²) in [6.07, 6.45) is -1.45. The molecule has 0 aromatic heterocycles.